The van der Waals surface area contributed by atoms with Gasteiger partial charge in [0.05, 0.1) is 11.2 Å². The predicted octanol–water partition coefficient (Wildman–Crippen LogP) is 5.25. The first-order valence-corrected chi connectivity index (χ1v) is 15.2. The van der Waals surface area contributed by atoms with Crippen molar-refractivity contribution in [3.63, 3.8) is 0 Å². The lowest BCUT2D eigenvalue weighted by Gasteiger charge is -2.36. The van der Waals surface area contributed by atoms with Gasteiger partial charge in [0.25, 0.3) is 0 Å². The van der Waals surface area contributed by atoms with Crippen molar-refractivity contribution < 1.29 is 18.6 Å². The third-order valence-electron chi connectivity index (χ3n) is 10.0. The van der Waals surface area contributed by atoms with Crippen LogP contribution in [0.2, 0.25) is 0 Å². The van der Waals surface area contributed by atoms with E-state index in [1.807, 2.05) is 0 Å². The van der Waals surface area contributed by atoms with Gasteiger partial charge in [-0.2, -0.15) is 5.26 Å². The molecule has 6 heterocycles. The van der Waals surface area contributed by atoms with Crippen molar-refractivity contribution in [2.75, 3.05) is 37.7 Å². The predicted molar refractivity (Wildman–Crippen MR) is 159 cm³/mol. The van der Waals surface area contributed by atoms with Gasteiger partial charge in [-0.1, -0.05) is 12.1 Å². The van der Waals surface area contributed by atoms with Crippen molar-refractivity contribution in [2.24, 2.45) is 0 Å². The van der Waals surface area contributed by atoms with Gasteiger partial charge in [0.2, 0.25) is 5.88 Å². The van der Waals surface area contributed by atoms with Crippen molar-refractivity contribution in [2.45, 2.75) is 56.1 Å². The number of aromatic nitrogens is 2. The minimum absolute atomic E-state index is 0.0138. The summed E-state index contributed by atoms with van der Waals surface area (Å²) in [5.41, 5.74) is 0.810. The normalized spacial score (nSPS) is 22.8. The Kier molecular flexibility index (Phi) is 6.17. The van der Waals surface area contributed by atoms with Crippen molar-refractivity contribution in [3.8, 4) is 29.0 Å². The first-order valence-electron chi connectivity index (χ1n) is 15.2. The average Bonchev–Trinajstić information content (AvgIpc) is 3.68. The van der Waals surface area contributed by atoms with Gasteiger partial charge in [0, 0.05) is 47.7 Å². The third kappa shape index (κ3) is 4.20. The van der Waals surface area contributed by atoms with E-state index in [-0.39, 0.29) is 57.0 Å². The number of nitriles is 1. The second-order valence-electron chi connectivity index (χ2n) is 12.5. The summed E-state index contributed by atoms with van der Waals surface area (Å²) in [6, 6.07) is 10.2. The fourth-order valence-corrected chi connectivity index (χ4v) is 8.07. The van der Waals surface area contributed by atoms with E-state index in [0.717, 1.165) is 51.6 Å². The van der Waals surface area contributed by atoms with Crippen LogP contribution in [-0.2, 0) is 0 Å². The lowest BCUT2D eigenvalue weighted by molar-refractivity contribution is 0.111. The number of aromatic hydroxyl groups is 1. The number of hydrogen-bond acceptors (Lipinski definition) is 8. The van der Waals surface area contributed by atoms with Crippen LogP contribution in [0.5, 0.6) is 11.6 Å². The Hall–Kier alpha value is -4.07. The highest BCUT2D eigenvalue weighted by Gasteiger charge is 2.45. The van der Waals surface area contributed by atoms with Crippen molar-refractivity contribution in [1.82, 2.24) is 20.2 Å². The molecule has 0 amide bonds. The lowest BCUT2D eigenvalue weighted by Crippen LogP contribution is -2.51. The quantitative estimate of drug-likeness (QED) is 0.329. The molecule has 2 unspecified atom stereocenters. The number of fused-ring (bicyclic) bond motifs is 5. The molecule has 4 saturated heterocycles. The largest absolute Gasteiger partial charge is 0.508 e. The van der Waals surface area contributed by atoms with E-state index in [2.05, 4.69) is 31.2 Å². The molecule has 4 aliphatic heterocycles. The monoisotopic (exact) mass is 582 g/mol. The van der Waals surface area contributed by atoms with Crippen LogP contribution in [0.4, 0.5) is 14.5 Å². The Morgan fingerprint density at radius 2 is 1.88 bits per heavy atom. The first-order chi connectivity index (χ1) is 20.9. The van der Waals surface area contributed by atoms with E-state index in [9.17, 15) is 10.4 Å². The summed E-state index contributed by atoms with van der Waals surface area (Å²) in [5, 5.41) is 25.6. The van der Waals surface area contributed by atoms with Gasteiger partial charge < -0.3 is 20.1 Å². The Morgan fingerprint density at radius 3 is 2.63 bits per heavy atom. The number of pyridine rings is 2. The molecule has 4 fully saturated rings. The van der Waals surface area contributed by atoms with Gasteiger partial charge in [-0.15, -0.1) is 0 Å². The van der Waals surface area contributed by atoms with Crippen LogP contribution in [0.3, 0.4) is 0 Å². The Bertz CT molecular complexity index is 1800. The number of hydrogen-bond donors (Lipinski definition) is 2. The summed E-state index contributed by atoms with van der Waals surface area (Å²) in [4.78, 5) is 13.8. The second kappa shape index (κ2) is 10.00. The maximum absolute atomic E-state index is 16.7. The summed E-state index contributed by atoms with van der Waals surface area (Å²) in [5.74, 6) is -1.30. The number of phenols is 1. The highest BCUT2D eigenvalue weighted by molar-refractivity contribution is 6.01. The number of nitrogens with zero attached hydrogens (tertiary/aromatic N) is 5. The van der Waals surface area contributed by atoms with Crippen LogP contribution < -0.4 is 15.0 Å². The SMILES string of the molecule is N#Cc1c(OCC23CCCN2CCC3)nc2c(F)c(-c3cc(O)cc4cccc(F)c34)ncc2c1N1CC2CCC(C1)N2. The Balaban J connectivity index is 1.32. The molecule has 2 atom stereocenters. The van der Waals surface area contributed by atoms with E-state index in [0.29, 0.717) is 36.2 Å². The fourth-order valence-electron chi connectivity index (χ4n) is 8.07. The standard InChI is InChI=1S/C33H32F2N6O2/c34-26-5-1-4-19-12-22(42)13-23(27(19)26)29-28(35)30-25(15-37-29)31(40-16-20-6-7-21(17-40)38-20)24(14-36)32(39-30)43-18-33-8-2-10-41(33)11-3-9-33/h1,4-5,12-13,15,20-21,38,42H,2-3,6-11,16-18H2. The number of ether oxygens (including phenoxy) is 1. The molecule has 2 aromatic carbocycles. The highest BCUT2D eigenvalue weighted by atomic mass is 19.1. The minimum Gasteiger partial charge on any atom is -0.508 e. The van der Waals surface area contributed by atoms with E-state index in [1.165, 1.54) is 24.4 Å². The number of halogens is 2. The highest BCUT2D eigenvalue weighted by Crippen LogP contribution is 2.43. The molecule has 2 N–H and O–H groups in total. The molecule has 0 spiro atoms. The molecule has 43 heavy (non-hydrogen) atoms. The molecule has 4 aromatic rings. The van der Waals surface area contributed by atoms with E-state index < -0.39 is 11.6 Å². The van der Waals surface area contributed by atoms with E-state index in [1.54, 1.807) is 12.1 Å². The molecule has 4 aliphatic rings. The number of anilines is 1. The third-order valence-corrected chi connectivity index (χ3v) is 10.0. The molecule has 8 nitrogen and oxygen atoms in total. The van der Waals surface area contributed by atoms with Crippen LogP contribution >= 0.6 is 0 Å². The molecule has 8 rings (SSSR count). The smallest absolute Gasteiger partial charge is 0.234 e. The molecule has 0 radical (unpaired) electrons. The molecule has 220 valence electrons. The lowest BCUT2D eigenvalue weighted by atomic mass is 9.95. The average molecular weight is 583 g/mol. The van der Waals surface area contributed by atoms with Crippen LogP contribution in [0.15, 0.2) is 36.5 Å². The number of nitrogens with one attached hydrogen (secondary N) is 1. The Labute approximate surface area is 247 Å². The number of rotatable bonds is 5. The molecule has 0 saturated carbocycles. The molecular weight excluding hydrogens is 550 g/mol. The van der Waals surface area contributed by atoms with E-state index >= 15 is 8.78 Å². The first kappa shape index (κ1) is 26.5. The van der Waals surface area contributed by atoms with Gasteiger partial charge in [-0.3, -0.25) is 9.88 Å². The summed E-state index contributed by atoms with van der Waals surface area (Å²) < 4.78 is 38.2. The number of piperazine rings is 1. The summed E-state index contributed by atoms with van der Waals surface area (Å²) in [7, 11) is 0. The molecule has 0 aliphatic carbocycles. The zero-order valence-corrected chi connectivity index (χ0v) is 23.7. The van der Waals surface area contributed by atoms with Crippen LogP contribution in [0, 0.1) is 23.0 Å². The van der Waals surface area contributed by atoms with Gasteiger partial charge >= 0.3 is 0 Å². The van der Waals surface area contributed by atoms with Crippen molar-refractivity contribution >= 4 is 27.4 Å². The maximum atomic E-state index is 16.7. The summed E-state index contributed by atoms with van der Waals surface area (Å²) in [6.07, 6.45) is 7.86. The molecular formula is C33H32F2N6O2. The van der Waals surface area contributed by atoms with Gasteiger partial charge in [0.15, 0.2) is 5.82 Å². The minimum atomic E-state index is -0.747. The second-order valence-corrected chi connectivity index (χ2v) is 12.5. The van der Waals surface area contributed by atoms with Crippen LogP contribution in [-0.4, -0.2) is 70.4 Å². The topological polar surface area (TPSA) is 97.5 Å². The van der Waals surface area contributed by atoms with Gasteiger partial charge in [0.1, 0.15) is 41.0 Å². The van der Waals surface area contributed by atoms with Gasteiger partial charge in [-0.25, -0.2) is 13.8 Å². The fraction of sp³-hybridized carbons (Fsp3) is 0.424. The summed E-state index contributed by atoms with van der Waals surface area (Å²) >= 11 is 0. The molecule has 10 heteroatoms. The van der Waals surface area contributed by atoms with E-state index in [4.69, 9.17) is 4.74 Å². The molecule has 2 aromatic heterocycles. The van der Waals surface area contributed by atoms with Gasteiger partial charge in [-0.05, 0) is 75.2 Å². The number of benzene rings is 2. The molecule has 2 bridgehead atoms. The zero-order valence-electron chi connectivity index (χ0n) is 23.7. The van der Waals surface area contributed by atoms with Crippen molar-refractivity contribution in [3.05, 3.63) is 53.7 Å². The number of phenolic OH excluding ortho intramolecular Hbond substituents is 1. The van der Waals surface area contributed by atoms with Crippen LogP contribution in [0.1, 0.15) is 44.1 Å². The zero-order chi connectivity index (χ0) is 29.3. The summed E-state index contributed by atoms with van der Waals surface area (Å²) in [6.45, 7) is 3.80. The van der Waals surface area contributed by atoms with Crippen LogP contribution in [0.25, 0.3) is 32.9 Å². The maximum Gasteiger partial charge on any atom is 0.234 e. The Morgan fingerprint density at radius 1 is 1.12 bits per heavy atom. The van der Waals surface area contributed by atoms with Crippen molar-refractivity contribution in [1.29, 1.82) is 5.26 Å².